The van der Waals surface area contributed by atoms with Crippen molar-refractivity contribution in [1.82, 2.24) is 4.98 Å². The number of oxazole rings is 1. The van der Waals surface area contributed by atoms with Crippen LogP contribution in [0, 0.1) is 6.92 Å². The summed E-state index contributed by atoms with van der Waals surface area (Å²) in [5.74, 6) is 0.221. The molecular formula is C23H21N3O4S2. The number of fused-ring (bicyclic) bond motifs is 1. The van der Waals surface area contributed by atoms with Crippen LogP contribution in [-0.4, -0.2) is 25.6 Å². The first-order valence-electron chi connectivity index (χ1n) is 9.74. The Morgan fingerprint density at radius 1 is 1.06 bits per heavy atom. The standard InChI is InChI=1S/C23H21N3O4S2/c1-15-11-12-17(13-20(15)26-32(2,28)29)24-22(27)18-8-4-3-7-16(18)14-31-23-25-19-9-5-6-10-21(19)30-23/h3-13,26H,14H2,1-2H3,(H,24,27). The normalized spacial score (nSPS) is 11.4. The summed E-state index contributed by atoms with van der Waals surface area (Å²) in [5, 5.41) is 3.39. The van der Waals surface area contributed by atoms with Crippen LogP contribution in [0.25, 0.3) is 11.1 Å². The monoisotopic (exact) mass is 467 g/mol. The number of hydrogen-bond acceptors (Lipinski definition) is 6. The molecule has 2 N–H and O–H groups in total. The Balaban J connectivity index is 1.50. The Bertz CT molecular complexity index is 1360. The summed E-state index contributed by atoms with van der Waals surface area (Å²) in [6, 6.07) is 19.9. The predicted molar refractivity (Wildman–Crippen MR) is 128 cm³/mol. The highest BCUT2D eigenvalue weighted by Gasteiger charge is 2.14. The largest absolute Gasteiger partial charge is 0.431 e. The Hall–Kier alpha value is -3.30. The first-order chi connectivity index (χ1) is 15.3. The molecule has 0 unspecified atom stereocenters. The topological polar surface area (TPSA) is 101 Å². The second kappa shape index (κ2) is 9.05. The van der Waals surface area contributed by atoms with Crippen molar-refractivity contribution >= 4 is 50.2 Å². The molecule has 1 heterocycles. The molecule has 0 aliphatic rings. The summed E-state index contributed by atoms with van der Waals surface area (Å²) in [6.07, 6.45) is 1.09. The zero-order valence-electron chi connectivity index (χ0n) is 17.5. The van der Waals surface area contributed by atoms with Crippen LogP contribution < -0.4 is 10.0 Å². The van der Waals surface area contributed by atoms with E-state index in [0.29, 0.717) is 27.9 Å². The maximum Gasteiger partial charge on any atom is 0.257 e. The molecule has 3 aromatic carbocycles. The number of benzene rings is 3. The van der Waals surface area contributed by atoms with Crippen molar-refractivity contribution in [3.05, 3.63) is 83.4 Å². The second-order valence-electron chi connectivity index (χ2n) is 7.25. The average molecular weight is 468 g/mol. The molecule has 0 fully saturated rings. The fourth-order valence-corrected chi connectivity index (χ4v) is 4.59. The van der Waals surface area contributed by atoms with Gasteiger partial charge in [0.2, 0.25) is 10.0 Å². The molecule has 164 valence electrons. The highest BCUT2D eigenvalue weighted by atomic mass is 32.2. The lowest BCUT2D eigenvalue weighted by Crippen LogP contribution is -2.15. The van der Waals surface area contributed by atoms with E-state index in [1.165, 1.54) is 11.8 Å². The van der Waals surface area contributed by atoms with E-state index in [0.717, 1.165) is 28.5 Å². The summed E-state index contributed by atoms with van der Waals surface area (Å²) in [7, 11) is -3.43. The second-order valence-corrected chi connectivity index (χ2v) is 9.93. The van der Waals surface area contributed by atoms with E-state index in [9.17, 15) is 13.2 Å². The highest BCUT2D eigenvalue weighted by molar-refractivity contribution is 7.98. The van der Waals surface area contributed by atoms with Gasteiger partial charge in [-0.25, -0.2) is 13.4 Å². The highest BCUT2D eigenvalue weighted by Crippen LogP contribution is 2.28. The van der Waals surface area contributed by atoms with Crippen molar-refractivity contribution < 1.29 is 17.6 Å². The molecule has 0 spiro atoms. The van der Waals surface area contributed by atoms with Gasteiger partial charge in [0, 0.05) is 17.0 Å². The van der Waals surface area contributed by atoms with E-state index in [1.54, 1.807) is 37.3 Å². The van der Waals surface area contributed by atoms with Gasteiger partial charge in [0.1, 0.15) is 5.52 Å². The number of anilines is 2. The summed E-state index contributed by atoms with van der Waals surface area (Å²) >= 11 is 1.41. The molecule has 0 atom stereocenters. The molecule has 4 aromatic rings. The molecule has 0 aliphatic carbocycles. The van der Waals surface area contributed by atoms with Crippen LogP contribution in [-0.2, 0) is 15.8 Å². The Labute approximate surface area is 190 Å². The number of nitrogens with zero attached hydrogens (tertiary/aromatic N) is 1. The number of carbonyl (C=O) groups excluding carboxylic acids is 1. The van der Waals surface area contributed by atoms with Crippen LogP contribution in [0.15, 0.2) is 76.4 Å². The molecule has 0 bridgehead atoms. The number of thioether (sulfide) groups is 1. The van der Waals surface area contributed by atoms with Crippen molar-refractivity contribution in [2.45, 2.75) is 17.9 Å². The van der Waals surface area contributed by atoms with E-state index < -0.39 is 10.0 Å². The minimum Gasteiger partial charge on any atom is -0.431 e. The van der Waals surface area contributed by atoms with Crippen LogP contribution in [0.5, 0.6) is 0 Å². The van der Waals surface area contributed by atoms with Gasteiger partial charge in [0.25, 0.3) is 11.1 Å². The molecule has 0 radical (unpaired) electrons. The first kappa shape index (κ1) is 21.9. The molecular weight excluding hydrogens is 446 g/mol. The molecule has 4 rings (SSSR count). The van der Waals surface area contributed by atoms with E-state index in [2.05, 4.69) is 15.0 Å². The molecule has 7 nitrogen and oxygen atoms in total. The number of para-hydroxylation sites is 2. The summed E-state index contributed by atoms with van der Waals surface area (Å²) < 4.78 is 31.4. The lowest BCUT2D eigenvalue weighted by molar-refractivity contribution is 0.102. The molecule has 0 aliphatic heterocycles. The maximum atomic E-state index is 13.0. The Kier molecular flexibility index (Phi) is 6.20. The lowest BCUT2D eigenvalue weighted by atomic mass is 10.1. The third-order valence-corrected chi connectivity index (χ3v) is 6.15. The minimum atomic E-state index is -3.43. The molecule has 1 amide bonds. The van der Waals surface area contributed by atoms with Crippen molar-refractivity contribution in [1.29, 1.82) is 0 Å². The van der Waals surface area contributed by atoms with Gasteiger partial charge < -0.3 is 9.73 Å². The third-order valence-electron chi connectivity index (χ3n) is 4.68. The van der Waals surface area contributed by atoms with Crippen LogP contribution in [0.1, 0.15) is 21.5 Å². The van der Waals surface area contributed by atoms with Gasteiger partial charge in [0.05, 0.1) is 11.9 Å². The zero-order valence-corrected chi connectivity index (χ0v) is 19.1. The molecule has 0 saturated carbocycles. The van der Waals surface area contributed by atoms with Crippen LogP contribution in [0.4, 0.5) is 11.4 Å². The average Bonchev–Trinajstić information content (AvgIpc) is 3.17. The smallest absolute Gasteiger partial charge is 0.257 e. The van der Waals surface area contributed by atoms with E-state index in [1.807, 2.05) is 36.4 Å². The lowest BCUT2D eigenvalue weighted by Gasteiger charge is -2.12. The minimum absolute atomic E-state index is 0.284. The summed E-state index contributed by atoms with van der Waals surface area (Å²) in [6.45, 7) is 1.79. The number of carbonyl (C=O) groups is 1. The summed E-state index contributed by atoms with van der Waals surface area (Å²) in [5.41, 5.74) is 4.53. The SMILES string of the molecule is Cc1ccc(NC(=O)c2ccccc2CSc2nc3ccccc3o2)cc1NS(C)(=O)=O. The van der Waals surface area contributed by atoms with Gasteiger partial charge in [-0.3, -0.25) is 9.52 Å². The Morgan fingerprint density at radius 2 is 1.81 bits per heavy atom. The number of sulfonamides is 1. The molecule has 0 saturated heterocycles. The first-order valence-corrected chi connectivity index (χ1v) is 12.6. The van der Waals surface area contributed by atoms with Gasteiger partial charge in [-0.05, 0) is 48.4 Å². The maximum absolute atomic E-state index is 13.0. The van der Waals surface area contributed by atoms with Crippen molar-refractivity contribution in [3.63, 3.8) is 0 Å². The number of nitrogens with one attached hydrogen (secondary N) is 2. The van der Waals surface area contributed by atoms with Crippen molar-refractivity contribution in [2.75, 3.05) is 16.3 Å². The summed E-state index contributed by atoms with van der Waals surface area (Å²) in [4.78, 5) is 17.4. The van der Waals surface area contributed by atoms with E-state index in [4.69, 9.17) is 4.42 Å². The fraction of sp³-hybridized carbons (Fsp3) is 0.130. The number of hydrogen-bond donors (Lipinski definition) is 2. The van der Waals surface area contributed by atoms with Gasteiger partial charge >= 0.3 is 0 Å². The number of amides is 1. The quantitative estimate of drug-likeness (QED) is 0.369. The van der Waals surface area contributed by atoms with Crippen molar-refractivity contribution in [3.8, 4) is 0 Å². The van der Waals surface area contributed by atoms with Crippen molar-refractivity contribution in [2.24, 2.45) is 0 Å². The number of aryl methyl sites for hydroxylation is 1. The third kappa shape index (κ3) is 5.30. The van der Waals surface area contributed by atoms with Crippen LogP contribution in [0.3, 0.4) is 0 Å². The zero-order chi connectivity index (χ0) is 22.7. The van der Waals surface area contributed by atoms with Gasteiger partial charge in [0.15, 0.2) is 5.58 Å². The number of aromatic nitrogens is 1. The Morgan fingerprint density at radius 3 is 2.59 bits per heavy atom. The predicted octanol–water partition coefficient (Wildman–Crippen LogP) is 5.05. The van der Waals surface area contributed by atoms with Crippen LogP contribution in [0.2, 0.25) is 0 Å². The van der Waals surface area contributed by atoms with E-state index >= 15 is 0 Å². The molecule has 1 aromatic heterocycles. The van der Waals surface area contributed by atoms with Crippen LogP contribution >= 0.6 is 11.8 Å². The van der Waals surface area contributed by atoms with Gasteiger partial charge in [-0.1, -0.05) is 48.2 Å². The molecule has 32 heavy (non-hydrogen) atoms. The van der Waals surface area contributed by atoms with Gasteiger partial charge in [-0.15, -0.1) is 0 Å². The van der Waals surface area contributed by atoms with Gasteiger partial charge in [-0.2, -0.15) is 0 Å². The fourth-order valence-electron chi connectivity index (χ4n) is 3.13. The molecule has 9 heteroatoms. The number of rotatable bonds is 7. The van der Waals surface area contributed by atoms with E-state index in [-0.39, 0.29) is 5.91 Å².